The zero-order chi connectivity index (χ0) is 14.9. The number of hydrogen-bond acceptors (Lipinski definition) is 2. The molecule has 2 rings (SSSR count). The van der Waals surface area contributed by atoms with Crippen LogP contribution in [0.15, 0.2) is 12.1 Å². The number of carboxylic acids is 1. The van der Waals surface area contributed by atoms with E-state index in [1.54, 1.807) is 12.1 Å². The smallest absolute Gasteiger partial charge is 0.335 e. The van der Waals surface area contributed by atoms with Crippen molar-refractivity contribution in [2.24, 2.45) is 0 Å². The van der Waals surface area contributed by atoms with E-state index in [2.05, 4.69) is 11.5 Å². The molecule has 0 fully saturated rings. The van der Waals surface area contributed by atoms with Crippen molar-refractivity contribution in [1.82, 2.24) is 4.57 Å². The molecular formula is C16H19NO3. The second kappa shape index (κ2) is 5.49. The van der Waals surface area contributed by atoms with Crippen LogP contribution >= 0.6 is 0 Å². The fourth-order valence-electron chi connectivity index (χ4n) is 2.77. The third-order valence-electron chi connectivity index (χ3n) is 3.74. The molecule has 0 aliphatic heterocycles. The minimum atomic E-state index is -0.959. The van der Waals surface area contributed by atoms with Crippen LogP contribution in [-0.2, 0) is 13.0 Å². The van der Waals surface area contributed by atoms with E-state index in [-0.39, 0.29) is 5.56 Å². The predicted molar refractivity (Wildman–Crippen MR) is 78.7 cm³/mol. The lowest BCUT2D eigenvalue weighted by atomic mass is 10.0. The number of aromatic carboxylic acids is 1. The van der Waals surface area contributed by atoms with E-state index in [1.165, 1.54) is 0 Å². The fourth-order valence-corrected chi connectivity index (χ4v) is 2.77. The summed E-state index contributed by atoms with van der Waals surface area (Å²) in [6.45, 7) is 6.83. The lowest BCUT2D eigenvalue weighted by molar-refractivity contribution is 0.0696. The summed E-state index contributed by atoms with van der Waals surface area (Å²) in [7, 11) is 0. The number of aryl methyl sites for hydroxylation is 2. The lowest BCUT2D eigenvalue weighted by Gasteiger charge is -2.10. The summed E-state index contributed by atoms with van der Waals surface area (Å²) in [5.74, 6) is -0.959. The maximum Gasteiger partial charge on any atom is 0.335 e. The van der Waals surface area contributed by atoms with Crippen LogP contribution in [0, 0.1) is 6.92 Å². The molecule has 20 heavy (non-hydrogen) atoms. The van der Waals surface area contributed by atoms with Crippen molar-refractivity contribution >= 4 is 23.2 Å². The molecule has 2 aromatic rings. The first-order valence-corrected chi connectivity index (χ1v) is 6.89. The van der Waals surface area contributed by atoms with Crippen molar-refractivity contribution < 1.29 is 14.7 Å². The number of aldehydes is 1. The van der Waals surface area contributed by atoms with Gasteiger partial charge in [0.15, 0.2) is 6.29 Å². The molecule has 0 aliphatic carbocycles. The van der Waals surface area contributed by atoms with Crippen molar-refractivity contribution in [3.05, 3.63) is 34.5 Å². The third kappa shape index (κ3) is 2.11. The van der Waals surface area contributed by atoms with Gasteiger partial charge in [0.25, 0.3) is 0 Å². The molecule has 106 valence electrons. The number of rotatable bonds is 5. The Hall–Kier alpha value is -2.10. The Kier molecular flexibility index (Phi) is 3.93. The van der Waals surface area contributed by atoms with Crippen molar-refractivity contribution in [3.8, 4) is 0 Å². The van der Waals surface area contributed by atoms with Crippen LogP contribution in [0.2, 0.25) is 0 Å². The molecule has 0 spiro atoms. The molecule has 4 heteroatoms. The van der Waals surface area contributed by atoms with E-state index in [9.17, 15) is 14.7 Å². The number of fused-ring (bicyclic) bond motifs is 1. The Morgan fingerprint density at radius 1 is 1.35 bits per heavy atom. The van der Waals surface area contributed by atoms with E-state index in [4.69, 9.17) is 0 Å². The minimum absolute atomic E-state index is 0.242. The first kappa shape index (κ1) is 14.3. The monoisotopic (exact) mass is 273 g/mol. The van der Waals surface area contributed by atoms with Crippen LogP contribution in [0.4, 0.5) is 0 Å². The quantitative estimate of drug-likeness (QED) is 0.849. The molecule has 0 bridgehead atoms. The van der Waals surface area contributed by atoms with Crippen LogP contribution in [0.3, 0.4) is 0 Å². The predicted octanol–water partition coefficient (Wildman–Crippen LogP) is 3.43. The van der Waals surface area contributed by atoms with Crippen LogP contribution < -0.4 is 0 Å². The molecule has 4 nitrogen and oxygen atoms in total. The highest BCUT2D eigenvalue weighted by molar-refractivity contribution is 6.04. The molecule has 0 aliphatic rings. The van der Waals surface area contributed by atoms with Crippen LogP contribution in [0.5, 0.6) is 0 Å². The number of benzene rings is 1. The molecule has 0 unspecified atom stereocenters. The summed E-state index contributed by atoms with van der Waals surface area (Å²) in [5, 5.41) is 9.96. The van der Waals surface area contributed by atoms with E-state index in [0.717, 1.165) is 47.8 Å². The first-order chi connectivity index (χ1) is 9.54. The number of hydrogen-bond donors (Lipinski definition) is 1. The standard InChI is InChI=1S/C16H19NO3/c1-4-6-17-10(3)14(9-18)13-8-12(16(19)20)7-11(5-2)15(13)17/h7-9H,4-6H2,1-3H3,(H,19,20). The number of aromatic nitrogens is 1. The van der Waals surface area contributed by atoms with Gasteiger partial charge in [-0.15, -0.1) is 0 Å². The highest BCUT2D eigenvalue weighted by Crippen LogP contribution is 2.30. The van der Waals surface area contributed by atoms with Gasteiger partial charge < -0.3 is 9.67 Å². The maximum absolute atomic E-state index is 11.4. The maximum atomic E-state index is 11.4. The van der Waals surface area contributed by atoms with Crippen molar-refractivity contribution in [2.75, 3.05) is 0 Å². The molecule has 1 aromatic heterocycles. The average Bonchev–Trinajstić information content (AvgIpc) is 2.70. The largest absolute Gasteiger partial charge is 0.478 e. The summed E-state index contributed by atoms with van der Waals surface area (Å²) >= 11 is 0. The second-order valence-electron chi connectivity index (χ2n) is 4.96. The lowest BCUT2D eigenvalue weighted by Crippen LogP contribution is -2.03. The van der Waals surface area contributed by atoms with E-state index in [1.807, 2.05) is 13.8 Å². The Labute approximate surface area is 118 Å². The van der Waals surface area contributed by atoms with Crippen LogP contribution in [0.1, 0.15) is 52.2 Å². The van der Waals surface area contributed by atoms with Gasteiger partial charge in [-0.05, 0) is 37.5 Å². The summed E-state index contributed by atoms with van der Waals surface area (Å²) in [5.41, 5.74) is 3.73. The first-order valence-electron chi connectivity index (χ1n) is 6.89. The SMILES string of the molecule is CCCn1c(C)c(C=O)c2cc(C(=O)O)cc(CC)c21. The van der Waals surface area contributed by atoms with Gasteiger partial charge in [-0.3, -0.25) is 4.79 Å². The van der Waals surface area contributed by atoms with Gasteiger partial charge in [-0.2, -0.15) is 0 Å². The van der Waals surface area contributed by atoms with Crippen molar-refractivity contribution in [3.63, 3.8) is 0 Å². The molecule has 1 aromatic carbocycles. The van der Waals surface area contributed by atoms with Gasteiger partial charge >= 0.3 is 5.97 Å². The number of nitrogens with zero attached hydrogens (tertiary/aromatic N) is 1. The zero-order valence-electron chi connectivity index (χ0n) is 12.1. The molecule has 0 radical (unpaired) electrons. The highest BCUT2D eigenvalue weighted by atomic mass is 16.4. The fraction of sp³-hybridized carbons (Fsp3) is 0.375. The second-order valence-corrected chi connectivity index (χ2v) is 4.96. The number of carbonyl (C=O) groups excluding carboxylic acids is 1. The zero-order valence-corrected chi connectivity index (χ0v) is 12.1. The highest BCUT2D eigenvalue weighted by Gasteiger charge is 2.18. The minimum Gasteiger partial charge on any atom is -0.478 e. The number of carbonyl (C=O) groups is 2. The van der Waals surface area contributed by atoms with Crippen LogP contribution in [-0.4, -0.2) is 21.9 Å². The topological polar surface area (TPSA) is 59.3 Å². The summed E-state index contributed by atoms with van der Waals surface area (Å²) < 4.78 is 2.13. The van der Waals surface area contributed by atoms with Gasteiger partial charge in [-0.1, -0.05) is 13.8 Å². The summed E-state index contributed by atoms with van der Waals surface area (Å²) in [4.78, 5) is 22.6. The molecular weight excluding hydrogens is 254 g/mol. The Morgan fingerprint density at radius 3 is 2.55 bits per heavy atom. The molecule has 0 saturated heterocycles. The molecule has 1 heterocycles. The van der Waals surface area contributed by atoms with Gasteiger partial charge in [0, 0.05) is 23.2 Å². The van der Waals surface area contributed by atoms with Gasteiger partial charge in [0.05, 0.1) is 11.1 Å². The van der Waals surface area contributed by atoms with Crippen molar-refractivity contribution in [2.45, 2.75) is 40.2 Å². The Morgan fingerprint density at radius 2 is 2.05 bits per heavy atom. The summed E-state index contributed by atoms with van der Waals surface area (Å²) in [6.07, 6.45) is 2.53. The average molecular weight is 273 g/mol. The molecule has 0 atom stereocenters. The molecule has 0 saturated carbocycles. The normalized spacial score (nSPS) is 10.9. The Bertz CT molecular complexity index is 683. The van der Waals surface area contributed by atoms with Crippen LogP contribution in [0.25, 0.3) is 10.9 Å². The molecule has 0 amide bonds. The number of carboxylic acid groups (broad SMARTS) is 1. The Balaban J connectivity index is 2.91. The van der Waals surface area contributed by atoms with Crippen molar-refractivity contribution in [1.29, 1.82) is 0 Å². The van der Waals surface area contributed by atoms with Gasteiger partial charge in [0.1, 0.15) is 0 Å². The third-order valence-corrected chi connectivity index (χ3v) is 3.74. The summed E-state index contributed by atoms with van der Waals surface area (Å²) in [6, 6.07) is 3.32. The van der Waals surface area contributed by atoms with E-state index < -0.39 is 5.97 Å². The van der Waals surface area contributed by atoms with E-state index >= 15 is 0 Å². The molecule has 1 N–H and O–H groups in total. The van der Waals surface area contributed by atoms with Gasteiger partial charge in [0.2, 0.25) is 0 Å². The van der Waals surface area contributed by atoms with E-state index in [0.29, 0.717) is 5.56 Å². The van der Waals surface area contributed by atoms with Gasteiger partial charge in [-0.25, -0.2) is 4.79 Å².